The third-order valence-electron chi connectivity index (χ3n) is 5.36. The molecule has 2 amide bonds. The summed E-state index contributed by atoms with van der Waals surface area (Å²) in [7, 11) is 0. The molecule has 4 rings (SSSR count). The molecule has 0 saturated carbocycles. The fraction of sp³-hybridized carbons (Fsp3) is 0.174. The van der Waals surface area contributed by atoms with Gasteiger partial charge in [-0.15, -0.1) is 0 Å². The van der Waals surface area contributed by atoms with Crippen LogP contribution in [-0.4, -0.2) is 21.7 Å². The van der Waals surface area contributed by atoms with Crippen molar-refractivity contribution in [1.29, 1.82) is 0 Å². The molecule has 0 aliphatic heterocycles. The number of hydrogen-bond donors (Lipinski definition) is 1. The smallest absolute Gasteiger partial charge is 0.254 e. The molecule has 152 valence electrons. The predicted octanol–water partition coefficient (Wildman–Crippen LogP) is 4.30. The molecule has 3 aromatic rings. The average Bonchev–Trinajstić information content (AvgIpc) is 3.16. The predicted molar refractivity (Wildman–Crippen MR) is 112 cm³/mol. The van der Waals surface area contributed by atoms with Crippen molar-refractivity contribution in [3.8, 4) is 0 Å². The van der Waals surface area contributed by atoms with E-state index in [1.165, 1.54) is 6.07 Å². The Hall–Kier alpha value is -3.25. The summed E-state index contributed by atoms with van der Waals surface area (Å²) in [4.78, 5) is 31.2. The lowest BCUT2D eigenvalue weighted by Crippen LogP contribution is -2.34. The van der Waals surface area contributed by atoms with Crippen molar-refractivity contribution in [3.63, 3.8) is 0 Å². The summed E-state index contributed by atoms with van der Waals surface area (Å²) in [5, 5.41) is 0.279. The maximum absolute atomic E-state index is 14.4. The molecule has 1 heterocycles. The third kappa shape index (κ3) is 3.78. The molecule has 0 spiro atoms. The van der Waals surface area contributed by atoms with Crippen LogP contribution in [0.4, 0.5) is 4.39 Å². The van der Waals surface area contributed by atoms with Crippen molar-refractivity contribution >= 4 is 23.4 Å². The number of nitrogens with two attached hydrogens (primary N) is 1. The Morgan fingerprint density at radius 2 is 1.93 bits per heavy atom. The van der Waals surface area contributed by atoms with Crippen LogP contribution in [-0.2, 0) is 13.0 Å². The van der Waals surface area contributed by atoms with Gasteiger partial charge in [0.2, 0.25) is 0 Å². The Kier molecular flexibility index (Phi) is 5.50. The van der Waals surface area contributed by atoms with Crippen molar-refractivity contribution in [2.75, 3.05) is 0 Å². The SMILES string of the molecule is NC(=O)c1cccnc1CN(C(=O)c1ccccc1)[C@@H]1CCc2c(F)cc(Cl)cc21. The second-order valence-corrected chi connectivity index (χ2v) is 7.61. The summed E-state index contributed by atoms with van der Waals surface area (Å²) in [6.45, 7) is 0.0606. The number of rotatable bonds is 5. The molecule has 5 nitrogen and oxygen atoms in total. The minimum Gasteiger partial charge on any atom is -0.366 e. The normalized spacial score (nSPS) is 14.9. The summed E-state index contributed by atoms with van der Waals surface area (Å²) in [6.07, 6.45) is 2.59. The number of hydrogen-bond acceptors (Lipinski definition) is 3. The highest BCUT2D eigenvalue weighted by molar-refractivity contribution is 6.30. The first-order chi connectivity index (χ1) is 14.5. The van der Waals surface area contributed by atoms with Gasteiger partial charge in [-0.05, 0) is 60.4 Å². The monoisotopic (exact) mass is 423 g/mol. The highest BCUT2D eigenvalue weighted by atomic mass is 35.5. The number of pyridine rings is 1. The molecule has 0 bridgehead atoms. The third-order valence-corrected chi connectivity index (χ3v) is 5.57. The number of halogens is 2. The molecular weight excluding hydrogens is 405 g/mol. The molecule has 0 fully saturated rings. The largest absolute Gasteiger partial charge is 0.366 e. The summed E-state index contributed by atoms with van der Waals surface area (Å²) in [6, 6.07) is 14.6. The second kappa shape index (κ2) is 8.24. The summed E-state index contributed by atoms with van der Waals surface area (Å²) in [5.74, 6) is -1.23. The number of carbonyl (C=O) groups excluding carboxylic acids is 2. The number of aromatic nitrogens is 1. The van der Waals surface area contributed by atoms with Crippen LogP contribution in [0.25, 0.3) is 0 Å². The summed E-state index contributed by atoms with van der Waals surface area (Å²) >= 11 is 6.11. The van der Waals surface area contributed by atoms with Gasteiger partial charge >= 0.3 is 0 Å². The maximum atomic E-state index is 14.4. The lowest BCUT2D eigenvalue weighted by molar-refractivity contribution is 0.0653. The molecule has 2 N–H and O–H groups in total. The molecule has 1 aliphatic carbocycles. The van der Waals surface area contributed by atoms with Gasteiger partial charge in [-0.1, -0.05) is 29.8 Å². The molecule has 0 radical (unpaired) electrons. The van der Waals surface area contributed by atoms with E-state index in [1.807, 2.05) is 6.07 Å². The minimum atomic E-state index is -0.619. The van der Waals surface area contributed by atoms with Crippen LogP contribution >= 0.6 is 11.6 Å². The summed E-state index contributed by atoms with van der Waals surface area (Å²) in [5.41, 5.74) is 7.87. The number of amides is 2. The van der Waals surface area contributed by atoms with Gasteiger partial charge in [0.05, 0.1) is 23.8 Å². The first-order valence-electron chi connectivity index (χ1n) is 9.53. The molecule has 1 aromatic heterocycles. The van der Waals surface area contributed by atoms with Crippen LogP contribution in [0.3, 0.4) is 0 Å². The average molecular weight is 424 g/mol. The summed E-state index contributed by atoms with van der Waals surface area (Å²) < 4.78 is 14.4. The lowest BCUT2D eigenvalue weighted by Gasteiger charge is -2.30. The Bertz CT molecular complexity index is 1120. The second-order valence-electron chi connectivity index (χ2n) is 7.17. The van der Waals surface area contributed by atoms with E-state index in [0.717, 1.165) is 0 Å². The number of primary amides is 1. The van der Waals surface area contributed by atoms with E-state index in [-0.39, 0.29) is 28.9 Å². The molecular formula is C23H19ClFN3O2. The minimum absolute atomic E-state index is 0.0606. The van der Waals surface area contributed by atoms with E-state index in [1.54, 1.807) is 53.6 Å². The van der Waals surface area contributed by atoms with E-state index < -0.39 is 11.9 Å². The van der Waals surface area contributed by atoms with Crippen molar-refractivity contribution in [2.45, 2.75) is 25.4 Å². The first kappa shape index (κ1) is 20.0. The standard InChI is InChI=1S/C23H19ClFN3O2/c24-15-11-18-16(19(25)12-15)8-9-21(18)28(23(30)14-5-2-1-3-6-14)13-20-17(22(26)29)7-4-10-27-20/h1-7,10-12,21H,8-9,13H2,(H2,26,29)/t21-/m1/s1. The fourth-order valence-corrected chi connectivity index (χ4v) is 4.18. The van der Waals surface area contributed by atoms with Gasteiger partial charge in [0.25, 0.3) is 11.8 Å². The van der Waals surface area contributed by atoms with Crippen LogP contribution < -0.4 is 5.73 Å². The first-order valence-corrected chi connectivity index (χ1v) is 9.91. The van der Waals surface area contributed by atoms with E-state index in [9.17, 15) is 14.0 Å². The van der Waals surface area contributed by atoms with Gasteiger partial charge in [-0.3, -0.25) is 14.6 Å². The van der Waals surface area contributed by atoms with Crippen LogP contribution in [0, 0.1) is 5.82 Å². The van der Waals surface area contributed by atoms with Crippen LogP contribution in [0.5, 0.6) is 0 Å². The zero-order valence-electron chi connectivity index (χ0n) is 16.0. The van der Waals surface area contributed by atoms with Crippen LogP contribution in [0.1, 0.15) is 50.0 Å². The number of benzene rings is 2. The van der Waals surface area contributed by atoms with Gasteiger partial charge in [0, 0.05) is 16.8 Å². The Morgan fingerprint density at radius 1 is 1.17 bits per heavy atom. The molecule has 7 heteroatoms. The highest BCUT2D eigenvalue weighted by Gasteiger charge is 2.34. The molecule has 1 aliphatic rings. The molecule has 2 aromatic carbocycles. The van der Waals surface area contributed by atoms with Crippen LogP contribution in [0.15, 0.2) is 60.8 Å². The van der Waals surface area contributed by atoms with Crippen molar-refractivity contribution in [3.05, 3.63) is 99.6 Å². The van der Waals surface area contributed by atoms with E-state index in [2.05, 4.69) is 4.98 Å². The van der Waals surface area contributed by atoms with Gasteiger partial charge in [0.15, 0.2) is 0 Å². The van der Waals surface area contributed by atoms with E-state index >= 15 is 0 Å². The van der Waals surface area contributed by atoms with Crippen molar-refractivity contribution in [1.82, 2.24) is 9.88 Å². The van der Waals surface area contributed by atoms with E-state index in [0.29, 0.717) is 35.2 Å². The molecule has 0 unspecified atom stereocenters. The number of nitrogens with zero attached hydrogens (tertiary/aromatic N) is 2. The van der Waals surface area contributed by atoms with Crippen molar-refractivity contribution < 1.29 is 14.0 Å². The Labute approximate surface area is 178 Å². The van der Waals surface area contributed by atoms with Crippen LogP contribution in [0.2, 0.25) is 5.02 Å². The van der Waals surface area contributed by atoms with E-state index in [4.69, 9.17) is 17.3 Å². The Balaban J connectivity index is 1.79. The maximum Gasteiger partial charge on any atom is 0.254 e. The molecule has 30 heavy (non-hydrogen) atoms. The number of carbonyl (C=O) groups is 2. The Morgan fingerprint density at radius 3 is 2.67 bits per heavy atom. The van der Waals surface area contributed by atoms with Gasteiger partial charge in [-0.25, -0.2) is 4.39 Å². The van der Waals surface area contributed by atoms with Gasteiger partial charge in [-0.2, -0.15) is 0 Å². The zero-order valence-corrected chi connectivity index (χ0v) is 16.8. The highest BCUT2D eigenvalue weighted by Crippen LogP contribution is 2.40. The van der Waals surface area contributed by atoms with Gasteiger partial charge < -0.3 is 10.6 Å². The fourth-order valence-electron chi connectivity index (χ4n) is 3.96. The molecule has 0 saturated heterocycles. The lowest BCUT2D eigenvalue weighted by atomic mass is 10.0. The topological polar surface area (TPSA) is 76.3 Å². The van der Waals surface area contributed by atoms with Crippen molar-refractivity contribution in [2.24, 2.45) is 5.73 Å². The quantitative estimate of drug-likeness (QED) is 0.664. The number of fused-ring (bicyclic) bond motifs is 1. The van der Waals surface area contributed by atoms with Gasteiger partial charge in [0.1, 0.15) is 5.82 Å². The zero-order chi connectivity index (χ0) is 21.3. The molecule has 1 atom stereocenters.